The number of rotatable bonds is 7. The fraction of sp³-hybridized carbons (Fsp3) is 0.333. The second-order valence-electron chi connectivity index (χ2n) is 3.98. The summed E-state index contributed by atoms with van der Waals surface area (Å²) in [6, 6.07) is 3.62. The molecule has 0 spiro atoms. The predicted octanol–water partition coefficient (Wildman–Crippen LogP) is 2.68. The molecule has 1 aromatic carbocycles. The van der Waals surface area contributed by atoms with Gasteiger partial charge in [0.1, 0.15) is 6.61 Å². The molecule has 0 saturated carbocycles. The Morgan fingerprint density at radius 3 is 2.77 bits per heavy atom. The standard InChI is InChI=1S/C15H18BrN3O2S/c1-4-7-21-14-9-12(16)11(8-13(14)20-6-3)10-18-19-15(22)17-5-2/h1,8-10H,5-7H2,2-3H3,(H2,17,19,22). The van der Waals surface area contributed by atoms with Gasteiger partial charge in [-0.3, -0.25) is 5.43 Å². The Kier molecular flexibility index (Phi) is 8.33. The SMILES string of the molecule is C#CCOc1cc(Br)c(C=NNC(=S)NCC)cc1OCC. The zero-order valence-corrected chi connectivity index (χ0v) is 14.9. The van der Waals surface area contributed by atoms with Crippen LogP contribution in [0.25, 0.3) is 0 Å². The lowest BCUT2D eigenvalue weighted by molar-refractivity contribution is 0.299. The number of hydrazone groups is 1. The minimum absolute atomic E-state index is 0.179. The zero-order chi connectivity index (χ0) is 16.4. The molecule has 22 heavy (non-hydrogen) atoms. The van der Waals surface area contributed by atoms with Gasteiger partial charge in [0.2, 0.25) is 0 Å². The number of halogens is 1. The first-order chi connectivity index (χ1) is 10.6. The summed E-state index contributed by atoms with van der Waals surface area (Å²) in [6.45, 7) is 5.29. The van der Waals surface area contributed by atoms with Crippen molar-refractivity contribution in [2.75, 3.05) is 19.8 Å². The molecule has 0 aliphatic carbocycles. The van der Waals surface area contributed by atoms with Gasteiger partial charge in [-0.1, -0.05) is 5.92 Å². The number of benzene rings is 1. The highest BCUT2D eigenvalue weighted by Crippen LogP contribution is 2.33. The Labute approximate surface area is 144 Å². The van der Waals surface area contributed by atoms with Crippen LogP contribution in [0.3, 0.4) is 0 Å². The molecule has 1 aromatic rings. The largest absolute Gasteiger partial charge is 0.490 e. The molecule has 0 bridgehead atoms. The molecule has 0 saturated heterocycles. The van der Waals surface area contributed by atoms with Crippen LogP contribution in [0.2, 0.25) is 0 Å². The maximum atomic E-state index is 5.56. The van der Waals surface area contributed by atoms with Crippen molar-refractivity contribution in [3.63, 3.8) is 0 Å². The molecule has 1 rings (SSSR count). The summed E-state index contributed by atoms with van der Waals surface area (Å²) in [5.74, 6) is 3.62. The molecule has 0 heterocycles. The fourth-order valence-corrected chi connectivity index (χ4v) is 2.13. The van der Waals surface area contributed by atoms with Crippen molar-refractivity contribution in [1.29, 1.82) is 0 Å². The van der Waals surface area contributed by atoms with Crippen molar-refractivity contribution in [3.8, 4) is 23.8 Å². The van der Waals surface area contributed by atoms with Gasteiger partial charge in [-0.25, -0.2) is 0 Å². The van der Waals surface area contributed by atoms with E-state index in [1.54, 1.807) is 12.3 Å². The lowest BCUT2D eigenvalue weighted by atomic mass is 10.2. The number of hydrogen-bond acceptors (Lipinski definition) is 4. The van der Waals surface area contributed by atoms with Crippen molar-refractivity contribution >= 4 is 39.5 Å². The molecule has 0 radical (unpaired) electrons. The third kappa shape index (κ3) is 5.92. The maximum absolute atomic E-state index is 5.56. The lowest BCUT2D eigenvalue weighted by Crippen LogP contribution is -2.31. The molecular weight excluding hydrogens is 366 g/mol. The Balaban J connectivity index is 2.91. The first-order valence-corrected chi connectivity index (χ1v) is 7.92. The third-order valence-electron chi connectivity index (χ3n) is 2.38. The van der Waals surface area contributed by atoms with Gasteiger partial charge in [-0.2, -0.15) is 5.10 Å². The van der Waals surface area contributed by atoms with E-state index in [4.69, 9.17) is 28.1 Å². The average molecular weight is 384 g/mol. The molecule has 0 fully saturated rings. The van der Waals surface area contributed by atoms with Crippen molar-refractivity contribution in [3.05, 3.63) is 22.2 Å². The summed E-state index contributed by atoms with van der Waals surface area (Å²) in [5.41, 5.74) is 3.55. The Hall–Kier alpha value is -1.78. The first-order valence-electron chi connectivity index (χ1n) is 6.71. The van der Waals surface area contributed by atoms with E-state index >= 15 is 0 Å². The van der Waals surface area contributed by atoms with E-state index in [-0.39, 0.29) is 6.61 Å². The van der Waals surface area contributed by atoms with Crippen LogP contribution in [0.4, 0.5) is 0 Å². The molecule has 0 aliphatic rings. The number of terminal acetylenes is 1. The van der Waals surface area contributed by atoms with Crippen molar-refractivity contribution < 1.29 is 9.47 Å². The number of nitrogens with zero attached hydrogens (tertiary/aromatic N) is 1. The zero-order valence-electron chi connectivity index (χ0n) is 12.5. The third-order valence-corrected chi connectivity index (χ3v) is 3.30. The number of thiocarbonyl (C=S) groups is 1. The van der Waals surface area contributed by atoms with E-state index in [0.29, 0.717) is 23.2 Å². The first kappa shape index (κ1) is 18.3. The van der Waals surface area contributed by atoms with E-state index in [2.05, 4.69) is 37.7 Å². The van der Waals surface area contributed by atoms with E-state index in [1.807, 2.05) is 19.9 Å². The Morgan fingerprint density at radius 2 is 2.14 bits per heavy atom. The molecule has 0 atom stereocenters. The lowest BCUT2D eigenvalue weighted by Gasteiger charge is -2.12. The number of hydrogen-bond donors (Lipinski definition) is 2. The minimum atomic E-state index is 0.179. The summed E-state index contributed by atoms with van der Waals surface area (Å²) < 4.78 is 11.8. The van der Waals surface area contributed by atoms with Crippen molar-refractivity contribution in [2.45, 2.75) is 13.8 Å². The van der Waals surface area contributed by atoms with E-state index in [1.165, 1.54) is 0 Å². The van der Waals surface area contributed by atoms with Gasteiger partial charge in [-0.05, 0) is 54.1 Å². The molecule has 2 N–H and O–H groups in total. The number of nitrogens with one attached hydrogen (secondary N) is 2. The highest BCUT2D eigenvalue weighted by Gasteiger charge is 2.09. The van der Waals surface area contributed by atoms with Crippen LogP contribution in [0.15, 0.2) is 21.7 Å². The van der Waals surface area contributed by atoms with Crippen molar-refractivity contribution in [2.24, 2.45) is 5.10 Å². The Morgan fingerprint density at radius 1 is 1.41 bits per heavy atom. The highest BCUT2D eigenvalue weighted by atomic mass is 79.9. The smallest absolute Gasteiger partial charge is 0.186 e. The van der Waals surface area contributed by atoms with Crippen LogP contribution in [0.5, 0.6) is 11.5 Å². The molecule has 7 heteroatoms. The van der Waals surface area contributed by atoms with Crippen LogP contribution >= 0.6 is 28.1 Å². The summed E-state index contributed by atoms with van der Waals surface area (Å²) in [7, 11) is 0. The second kappa shape index (κ2) is 10.0. The minimum Gasteiger partial charge on any atom is -0.490 e. The van der Waals surface area contributed by atoms with Gasteiger partial charge < -0.3 is 14.8 Å². The van der Waals surface area contributed by atoms with Gasteiger partial charge >= 0.3 is 0 Å². The normalized spacial score (nSPS) is 10.1. The summed E-state index contributed by atoms with van der Waals surface area (Å²) >= 11 is 8.49. The molecule has 0 aliphatic heterocycles. The summed E-state index contributed by atoms with van der Waals surface area (Å²) in [6.07, 6.45) is 6.85. The van der Waals surface area contributed by atoms with Crippen LogP contribution in [-0.4, -0.2) is 31.1 Å². The molecule has 0 unspecified atom stereocenters. The fourth-order valence-electron chi connectivity index (χ4n) is 1.51. The summed E-state index contributed by atoms with van der Waals surface area (Å²) in [4.78, 5) is 0. The van der Waals surface area contributed by atoms with Gasteiger partial charge in [0.15, 0.2) is 16.6 Å². The van der Waals surface area contributed by atoms with E-state index in [9.17, 15) is 0 Å². The summed E-state index contributed by atoms with van der Waals surface area (Å²) in [5, 5.41) is 7.48. The van der Waals surface area contributed by atoms with Crippen LogP contribution in [0, 0.1) is 12.3 Å². The molecule has 0 aromatic heterocycles. The molecular formula is C15H18BrN3O2S. The predicted molar refractivity (Wildman–Crippen MR) is 96.6 cm³/mol. The second-order valence-corrected chi connectivity index (χ2v) is 5.24. The van der Waals surface area contributed by atoms with Crippen molar-refractivity contribution in [1.82, 2.24) is 10.7 Å². The van der Waals surface area contributed by atoms with Gasteiger partial charge in [0, 0.05) is 16.6 Å². The molecule has 118 valence electrons. The number of ether oxygens (including phenoxy) is 2. The van der Waals surface area contributed by atoms with Crippen LogP contribution in [-0.2, 0) is 0 Å². The maximum Gasteiger partial charge on any atom is 0.186 e. The highest BCUT2D eigenvalue weighted by molar-refractivity contribution is 9.10. The van der Waals surface area contributed by atoms with Gasteiger partial charge in [0.25, 0.3) is 0 Å². The van der Waals surface area contributed by atoms with Gasteiger partial charge in [0.05, 0.1) is 12.8 Å². The van der Waals surface area contributed by atoms with E-state index in [0.717, 1.165) is 16.6 Å². The molecule has 0 amide bonds. The average Bonchev–Trinajstić information content (AvgIpc) is 2.49. The van der Waals surface area contributed by atoms with E-state index < -0.39 is 0 Å². The topological polar surface area (TPSA) is 54.9 Å². The van der Waals surface area contributed by atoms with Gasteiger partial charge in [-0.15, -0.1) is 6.42 Å². The quantitative estimate of drug-likeness (QED) is 0.328. The molecule has 5 nitrogen and oxygen atoms in total. The Bertz CT molecular complexity index is 585. The monoisotopic (exact) mass is 383 g/mol. The van der Waals surface area contributed by atoms with Crippen LogP contribution in [0.1, 0.15) is 19.4 Å². The van der Waals surface area contributed by atoms with Crippen LogP contribution < -0.4 is 20.2 Å².